The molecule has 1 amide bonds. The van der Waals surface area contributed by atoms with Gasteiger partial charge < -0.3 is 9.64 Å². The van der Waals surface area contributed by atoms with Crippen LogP contribution in [0.25, 0.3) is 0 Å². The van der Waals surface area contributed by atoms with Crippen molar-refractivity contribution in [1.29, 1.82) is 0 Å². The minimum absolute atomic E-state index is 0.0657. The molecule has 29 heavy (non-hydrogen) atoms. The van der Waals surface area contributed by atoms with Crippen molar-refractivity contribution in [3.05, 3.63) is 5.82 Å². The molecule has 8 nitrogen and oxygen atoms in total. The second kappa shape index (κ2) is 6.77. The van der Waals surface area contributed by atoms with Crippen LogP contribution in [0.3, 0.4) is 0 Å². The van der Waals surface area contributed by atoms with Crippen LogP contribution in [-0.2, 0) is 19.9 Å². The molecule has 2 unspecified atom stereocenters. The van der Waals surface area contributed by atoms with Crippen molar-refractivity contribution in [1.82, 2.24) is 25.1 Å². The molecule has 4 bridgehead atoms. The molecule has 1 aliphatic heterocycles. The van der Waals surface area contributed by atoms with Gasteiger partial charge in [-0.2, -0.15) is 4.80 Å². The smallest absolute Gasteiger partial charge is 0.309 e. The van der Waals surface area contributed by atoms with Gasteiger partial charge in [0.2, 0.25) is 5.91 Å². The first-order valence-corrected chi connectivity index (χ1v) is 11.2. The van der Waals surface area contributed by atoms with Crippen molar-refractivity contribution in [3.63, 3.8) is 0 Å². The summed E-state index contributed by atoms with van der Waals surface area (Å²) in [7, 11) is 0. The minimum atomic E-state index is -0.289. The Labute approximate surface area is 171 Å². The first-order valence-electron chi connectivity index (χ1n) is 11.2. The van der Waals surface area contributed by atoms with Crippen LogP contribution in [0.15, 0.2) is 0 Å². The molecule has 0 spiro atoms. The highest BCUT2D eigenvalue weighted by atomic mass is 16.5. The van der Waals surface area contributed by atoms with Crippen LogP contribution in [0, 0.1) is 30.1 Å². The number of likely N-dealkylation sites (tertiary alicyclic amines) is 1. The third kappa shape index (κ3) is 3.06. The highest BCUT2D eigenvalue weighted by molar-refractivity contribution is 5.84. The average Bonchev–Trinajstić information content (AvgIpc) is 3.14. The number of rotatable bonds is 4. The molecule has 0 radical (unpaired) electrons. The van der Waals surface area contributed by atoms with Gasteiger partial charge >= 0.3 is 5.97 Å². The number of carbonyl (C=O) groups excluding carboxylic acids is 2. The number of amides is 1. The lowest BCUT2D eigenvalue weighted by molar-refractivity contribution is -0.170. The number of hydrogen-bond donors (Lipinski definition) is 0. The van der Waals surface area contributed by atoms with E-state index in [9.17, 15) is 9.59 Å². The number of carbonyl (C=O) groups is 2. The van der Waals surface area contributed by atoms with Gasteiger partial charge in [0.25, 0.3) is 0 Å². The highest BCUT2D eigenvalue weighted by Gasteiger charge is 2.63. The van der Waals surface area contributed by atoms with Crippen LogP contribution in [0.5, 0.6) is 0 Å². The molecule has 1 saturated heterocycles. The largest absolute Gasteiger partial charge is 0.466 e. The van der Waals surface area contributed by atoms with E-state index in [1.807, 2.05) is 23.5 Å². The monoisotopic (exact) mass is 401 g/mol. The van der Waals surface area contributed by atoms with Gasteiger partial charge in [0.15, 0.2) is 5.82 Å². The summed E-state index contributed by atoms with van der Waals surface area (Å²) in [5.74, 6) is 1.97. The first kappa shape index (κ1) is 19.0. The lowest BCUT2D eigenvalue weighted by Crippen LogP contribution is -2.62. The Bertz CT molecular complexity index is 799. The standard InChI is InChI=1S/C21H31N5O3/c1-3-29-18(27)17-4-6-25(7-5-17)19(28)20-9-15-8-16(10-20)12-21(11-15,13-20)26-23-14(2)22-24-26/h15-17H,3-13H2,1-2H3. The Morgan fingerprint density at radius 1 is 1.14 bits per heavy atom. The van der Waals surface area contributed by atoms with Crippen molar-refractivity contribution in [3.8, 4) is 0 Å². The summed E-state index contributed by atoms with van der Waals surface area (Å²) in [6, 6.07) is 0. The zero-order valence-electron chi connectivity index (χ0n) is 17.5. The van der Waals surface area contributed by atoms with Crippen LogP contribution in [-0.4, -0.2) is 56.7 Å². The Kier molecular flexibility index (Phi) is 4.44. The molecule has 4 aliphatic carbocycles. The van der Waals surface area contributed by atoms with Crippen molar-refractivity contribution >= 4 is 11.9 Å². The number of hydrogen-bond acceptors (Lipinski definition) is 6. The van der Waals surface area contributed by atoms with Gasteiger partial charge in [-0.05, 0) is 82.3 Å². The predicted molar refractivity (Wildman–Crippen MR) is 104 cm³/mol. The fraction of sp³-hybridized carbons (Fsp3) is 0.857. The first-order chi connectivity index (χ1) is 13.9. The van der Waals surface area contributed by atoms with Gasteiger partial charge in [-0.15, -0.1) is 10.2 Å². The maximum Gasteiger partial charge on any atom is 0.309 e. The van der Waals surface area contributed by atoms with Crippen LogP contribution in [0.2, 0.25) is 0 Å². The second-order valence-electron chi connectivity index (χ2n) is 9.91. The summed E-state index contributed by atoms with van der Waals surface area (Å²) in [4.78, 5) is 29.7. The van der Waals surface area contributed by atoms with E-state index in [0.717, 1.165) is 32.1 Å². The van der Waals surface area contributed by atoms with Crippen molar-refractivity contribution in [2.24, 2.45) is 23.2 Å². The number of ether oxygens (including phenoxy) is 1. The second-order valence-corrected chi connectivity index (χ2v) is 9.91. The van der Waals surface area contributed by atoms with Crippen molar-refractivity contribution in [2.75, 3.05) is 19.7 Å². The third-order valence-electron chi connectivity index (χ3n) is 7.82. The van der Waals surface area contributed by atoms with Gasteiger partial charge in [0.1, 0.15) is 0 Å². The fourth-order valence-corrected chi connectivity index (χ4v) is 7.10. The van der Waals surface area contributed by atoms with Gasteiger partial charge in [0.05, 0.1) is 23.5 Å². The molecule has 0 aromatic carbocycles. The van der Waals surface area contributed by atoms with Gasteiger partial charge in [-0.1, -0.05) is 0 Å². The molecule has 4 saturated carbocycles. The van der Waals surface area contributed by atoms with E-state index < -0.39 is 0 Å². The molecule has 8 heteroatoms. The van der Waals surface area contributed by atoms with Crippen molar-refractivity contribution in [2.45, 2.75) is 70.8 Å². The van der Waals surface area contributed by atoms with Crippen LogP contribution < -0.4 is 0 Å². The summed E-state index contributed by atoms with van der Waals surface area (Å²) in [5.41, 5.74) is -0.438. The predicted octanol–water partition coefficient (Wildman–Crippen LogP) is 2.08. The normalized spacial score (nSPS) is 36.4. The molecule has 2 atom stereocenters. The third-order valence-corrected chi connectivity index (χ3v) is 7.82. The van der Waals surface area contributed by atoms with E-state index in [1.165, 1.54) is 6.42 Å². The molecule has 0 N–H and O–H groups in total. The van der Waals surface area contributed by atoms with Crippen molar-refractivity contribution < 1.29 is 14.3 Å². The number of piperidine rings is 1. The summed E-state index contributed by atoms with van der Waals surface area (Å²) >= 11 is 0. The molecule has 5 fully saturated rings. The quantitative estimate of drug-likeness (QED) is 0.718. The Morgan fingerprint density at radius 2 is 1.83 bits per heavy atom. The Hall–Kier alpha value is -1.99. The molecular weight excluding hydrogens is 370 g/mol. The maximum absolute atomic E-state index is 13.8. The van der Waals surface area contributed by atoms with E-state index in [-0.39, 0.29) is 22.8 Å². The Morgan fingerprint density at radius 3 is 2.41 bits per heavy atom. The summed E-state index contributed by atoms with van der Waals surface area (Å²) in [6.07, 6.45) is 7.61. The van der Waals surface area contributed by atoms with Crippen LogP contribution in [0.4, 0.5) is 0 Å². The van der Waals surface area contributed by atoms with Gasteiger partial charge in [-0.3, -0.25) is 9.59 Å². The molecular formula is C21H31N5O3. The SMILES string of the molecule is CCOC(=O)C1CCN(C(=O)C23CC4CC(C2)CC(n2nnc(C)n2)(C4)C3)CC1. The zero-order chi connectivity index (χ0) is 20.2. The maximum atomic E-state index is 13.8. The van der Waals surface area contributed by atoms with E-state index >= 15 is 0 Å². The number of esters is 1. The number of aromatic nitrogens is 4. The number of nitrogens with zero attached hydrogens (tertiary/aromatic N) is 5. The average molecular weight is 402 g/mol. The Balaban J connectivity index is 1.34. The molecule has 158 valence electrons. The number of aryl methyl sites for hydroxylation is 1. The molecule has 1 aromatic rings. The topological polar surface area (TPSA) is 90.2 Å². The van der Waals surface area contributed by atoms with E-state index in [1.54, 1.807) is 0 Å². The lowest BCUT2D eigenvalue weighted by Gasteiger charge is -2.61. The molecule has 2 heterocycles. The lowest BCUT2D eigenvalue weighted by atomic mass is 9.46. The summed E-state index contributed by atoms with van der Waals surface area (Å²) in [6.45, 7) is 5.45. The van der Waals surface area contributed by atoms with E-state index in [4.69, 9.17) is 4.74 Å². The van der Waals surface area contributed by atoms with E-state index in [0.29, 0.717) is 56.1 Å². The summed E-state index contributed by atoms with van der Waals surface area (Å²) in [5, 5.41) is 13.0. The fourth-order valence-electron chi connectivity index (χ4n) is 7.10. The molecule has 5 aliphatic rings. The van der Waals surface area contributed by atoms with Crippen LogP contribution >= 0.6 is 0 Å². The molecule has 1 aromatic heterocycles. The zero-order valence-corrected chi connectivity index (χ0v) is 17.5. The summed E-state index contributed by atoms with van der Waals surface area (Å²) < 4.78 is 5.18. The number of tetrazole rings is 1. The van der Waals surface area contributed by atoms with Crippen LogP contribution in [0.1, 0.15) is 64.1 Å². The highest BCUT2D eigenvalue weighted by Crippen LogP contribution is 2.64. The van der Waals surface area contributed by atoms with Gasteiger partial charge in [0, 0.05) is 13.1 Å². The molecule has 6 rings (SSSR count). The van der Waals surface area contributed by atoms with Gasteiger partial charge in [-0.25, -0.2) is 0 Å². The van der Waals surface area contributed by atoms with E-state index in [2.05, 4.69) is 15.4 Å². The minimum Gasteiger partial charge on any atom is -0.466 e.